The van der Waals surface area contributed by atoms with Gasteiger partial charge in [-0.25, -0.2) is 0 Å². The van der Waals surface area contributed by atoms with Gasteiger partial charge in [0.15, 0.2) is 0 Å². The number of nitrogens with zero attached hydrogens (tertiary/aromatic N) is 1. The number of hydrogen-bond acceptors (Lipinski definition) is 3. The van der Waals surface area contributed by atoms with E-state index in [0.717, 1.165) is 30.2 Å². The van der Waals surface area contributed by atoms with Gasteiger partial charge in [-0.1, -0.05) is 20.8 Å². The molecule has 1 heterocycles. The lowest BCUT2D eigenvalue weighted by atomic mass is 9.72. The highest BCUT2D eigenvalue weighted by Gasteiger charge is 2.30. The van der Waals surface area contributed by atoms with Gasteiger partial charge in [-0.2, -0.15) is 0 Å². The average molecular weight is 387 g/mol. The predicted molar refractivity (Wildman–Crippen MR) is 113 cm³/mol. The summed E-state index contributed by atoms with van der Waals surface area (Å²) < 4.78 is 8.46. The second-order valence-corrected chi connectivity index (χ2v) is 9.19. The van der Waals surface area contributed by atoms with Gasteiger partial charge in [-0.15, -0.1) is 0 Å². The molecule has 0 spiro atoms. The van der Waals surface area contributed by atoms with Crippen LogP contribution >= 0.6 is 0 Å². The number of hydrogen-bond donors (Lipinski definition) is 2. The number of ether oxygens (including phenoxy) is 1. The minimum atomic E-state index is -0.775. The van der Waals surface area contributed by atoms with Crippen molar-refractivity contribution in [3.8, 4) is 5.75 Å². The molecule has 0 aliphatic heterocycles. The number of aliphatic carboxylic acids is 1. The number of fused-ring (bicyclic) bond motifs is 1. The Bertz CT molecular complexity index is 811. The zero-order valence-corrected chi connectivity index (χ0v) is 17.6. The minimum absolute atomic E-state index is 0.138. The monoisotopic (exact) mass is 386 g/mol. The van der Waals surface area contributed by atoms with Gasteiger partial charge in [-0.3, -0.25) is 4.79 Å². The van der Waals surface area contributed by atoms with Crippen LogP contribution in [-0.4, -0.2) is 28.3 Å². The number of carboxylic acids is 1. The van der Waals surface area contributed by atoms with E-state index < -0.39 is 5.97 Å². The fraction of sp³-hybridized carbons (Fsp3) is 0.609. The highest BCUT2D eigenvalue weighted by molar-refractivity contribution is 5.82. The van der Waals surface area contributed by atoms with E-state index in [4.69, 9.17) is 9.84 Å². The van der Waals surface area contributed by atoms with E-state index in [0.29, 0.717) is 24.6 Å². The normalized spacial score (nSPS) is 20.4. The lowest BCUT2D eigenvalue weighted by Gasteiger charge is -2.36. The third-order valence-corrected chi connectivity index (χ3v) is 6.14. The van der Waals surface area contributed by atoms with Gasteiger partial charge in [0.1, 0.15) is 5.75 Å². The van der Waals surface area contributed by atoms with Crippen LogP contribution in [0, 0.1) is 11.3 Å². The number of rotatable bonds is 7. The van der Waals surface area contributed by atoms with Gasteiger partial charge in [0, 0.05) is 36.7 Å². The Hall–Kier alpha value is -2.01. The van der Waals surface area contributed by atoms with Gasteiger partial charge < -0.3 is 19.7 Å². The minimum Gasteiger partial charge on any atom is -0.490 e. The summed E-state index contributed by atoms with van der Waals surface area (Å²) in [4.78, 5) is 10.6. The largest absolute Gasteiger partial charge is 0.490 e. The van der Waals surface area contributed by atoms with Crippen molar-refractivity contribution in [2.45, 2.75) is 65.5 Å². The zero-order chi connectivity index (χ0) is 20.3. The fourth-order valence-electron chi connectivity index (χ4n) is 4.28. The molecule has 0 bridgehead atoms. The van der Waals surface area contributed by atoms with Crippen molar-refractivity contribution in [1.29, 1.82) is 0 Å². The molecule has 5 nitrogen and oxygen atoms in total. The molecule has 28 heavy (non-hydrogen) atoms. The maximum Gasteiger partial charge on any atom is 0.304 e. The molecule has 1 aromatic carbocycles. The summed E-state index contributed by atoms with van der Waals surface area (Å²) in [6, 6.07) is 8.48. The van der Waals surface area contributed by atoms with E-state index in [2.05, 4.69) is 54.9 Å². The Labute approximate surface area is 168 Å². The highest BCUT2D eigenvalue weighted by Crippen LogP contribution is 2.39. The van der Waals surface area contributed by atoms with Crippen LogP contribution < -0.4 is 10.1 Å². The SMILES string of the molecule is Cn1c(CNCCC(=O)O)cc2cc(O[C@H]3CC[C@H](C(C)(C)C)CC3)ccc21. The van der Waals surface area contributed by atoms with Crippen molar-refractivity contribution in [2.75, 3.05) is 6.54 Å². The Morgan fingerprint density at radius 2 is 1.93 bits per heavy atom. The van der Waals surface area contributed by atoms with Crippen molar-refractivity contribution in [3.63, 3.8) is 0 Å². The number of benzene rings is 1. The number of nitrogens with one attached hydrogen (secondary N) is 1. The molecular formula is C23H34N2O3. The average Bonchev–Trinajstić information content (AvgIpc) is 2.94. The number of aryl methyl sites for hydroxylation is 1. The number of carboxylic acid groups (broad SMARTS) is 1. The van der Waals surface area contributed by atoms with Crippen LogP contribution in [-0.2, 0) is 18.4 Å². The first-order valence-corrected chi connectivity index (χ1v) is 10.4. The quantitative estimate of drug-likeness (QED) is 0.676. The van der Waals surface area contributed by atoms with Crippen LogP contribution in [0.1, 0.15) is 58.6 Å². The maximum atomic E-state index is 10.6. The molecule has 0 saturated heterocycles. The molecular weight excluding hydrogens is 352 g/mol. The Morgan fingerprint density at radius 1 is 1.21 bits per heavy atom. The van der Waals surface area contributed by atoms with Crippen LogP contribution in [0.2, 0.25) is 0 Å². The Balaban J connectivity index is 1.60. The second-order valence-electron chi connectivity index (χ2n) is 9.19. The molecule has 2 N–H and O–H groups in total. The molecule has 5 heteroatoms. The van der Waals surface area contributed by atoms with E-state index >= 15 is 0 Å². The molecule has 0 atom stereocenters. The van der Waals surface area contributed by atoms with Crippen molar-refractivity contribution >= 4 is 16.9 Å². The van der Waals surface area contributed by atoms with E-state index in [-0.39, 0.29) is 6.42 Å². The van der Waals surface area contributed by atoms with E-state index in [1.54, 1.807) is 0 Å². The molecule has 0 unspecified atom stereocenters. The lowest BCUT2D eigenvalue weighted by molar-refractivity contribution is -0.136. The molecule has 0 radical (unpaired) electrons. The summed E-state index contributed by atoms with van der Waals surface area (Å²) in [5, 5.41) is 13.1. The Morgan fingerprint density at radius 3 is 2.57 bits per heavy atom. The molecule has 1 fully saturated rings. The van der Waals surface area contributed by atoms with E-state index in [9.17, 15) is 4.79 Å². The Kier molecular flexibility index (Phi) is 6.33. The van der Waals surface area contributed by atoms with Gasteiger partial charge in [0.25, 0.3) is 0 Å². The van der Waals surface area contributed by atoms with Crippen molar-refractivity contribution in [2.24, 2.45) is 18.4 Å². The second kappa shape index (κ2) is 8.56. The molecule has 0 amide bonds. The van der Waals surface area contributed by atoms with E-state index in [1.807, 2.05) is 7.05 Å². The van der Waals surface area contributed by atoms with Crippen molar-refractivity contribution in [3.05, 3.63) is 30.0 Å². The van der Waals surface area contributed by atoms with Crippen LogP contribution in [0.25, 0.3) is 10.9 Å². The number of aromatic nitrogens is 1. The summed E-state index contributed by atoms with van der Waals surface area (Å²) in [6.07, 6.45) is 5.21. The summed E-state index contributed by atoms with van der Waals surface area (Å²) in [7, 11) is 2.05. The number of carbonyl (C=O) groups is 1. The molecule has 154 valence electrons. The molecule has 1 aromatic heterocycles. The fourth-order valence-corrected chi connectivity index (χ4v) is 4.28. The van der Waals surface area contributed by atoms with Crippen molar-refractivity contribution < 1.29 is 14.6 Å². The first-order valence-electron chi connectivity index (χ1n) is 10.4. The summed E-state index contributed by atoms with van der Waals surface area (Å²) in [5.41, 5.74) is 2.70. The maximum absolute atomic E-state index is 10.6. The summed E-state index contributed by atoms with van der Waals surface area (Å²) >= 11 is 0. The van der Waals surface area contributed by atoms with Gasteiger partial charge in [0.05, 0.1) is 12.5 Å². The van der Waals surface area contributed by atoms with E-state index in [1.165, 1.54) is 23.7 Å². The smallest absolute Gasteiger partial charge is 0.304 e. The molecule has 2 aromatic rings. The third kappa shape index (κ3) is 5.07. The van der Waals surface area contributed by atoms with Crippen LogP contribution in [0.5, 0.6) is 5.75 Å². The third-order valence-electron chi connectivity index (χ3n) is 6.14. The van der Waals surface area contributed by atoms with Crippen LogP contribution in [0.3, 0.4) is 0 Å². The first kappa shape index (κ1) is 20.7. The lowest BCUT2D eigenvalue weighted by Crippen LogP contribution is -2.30. The van der Waals surface area contributed by atoms with Crippen molar-refractivity contribution in [1.82, 2.24) is 9.88 Å². The molecule has 1 aliphatic carbocycles. The highest BCUT2D eigenvalue weighted by atomic mass is 16.5. The molecule has 1 saturated carbocycles. The predicted octanol–water partition coefficient (Wildman–Crippen LogP) is 4.73. The molecule has 3 rings (SSSR count). The summed E-state index contributed by atoms with van der Waals surface area (Å²) in [5.74, 6) is 0.964. The van der Waals surface area contributed by atoms with Crippen LogP contribution in [0.4, 0.5) is 0 Å². The van der Waals surface area contributed by atoms with Crippen LogP contribution in [0.15, 0.2) is 24.3 Å². The summed E-state index contributed by atoms with van der Waals surface area (Å²) in [6.45, 7) is 8.16. The topological polar surface area (TPSA) is 63.5 Å². The molecule has 1 aliphatic rings. The zero-order valence-electron chi connectivity index (χ0n) is 17.6. The van der Waals surface area contributed by atoms with Gasteiger partial charge in [0.2, 0.25) is 0 Å². The standard InChI is InChI=1S/C23H34N2O3/c1-23(2,3)17-5-7-19(8-6-17)28-20-9-10-21-16(14-20)13-18(25(21)4)15-24-12-11-22(26)27/h9-10,13-14,17,19,24H,5-8,11-12,15H2,1-4H3,(H,26,27)/t17-,19-. The van der Waals surface area contributed by atoms with Gasteiger partial charge >= 0.3 is 5.97 Å². The van der Waals surface area contributed by atoms with Gasteiger partial charge in [-0.05, 0) is 61.3 Å². The first-order chi connectivity index (χ1) is 13.2.